The highest BCUT2D eigenvalue weighted by molar-refractivity contribution is 9.10. The first kappa shape index (κ1) is 23.0. The lowest BCUT2D eigenvalue weighted by Gasteiger charge is -2.35. The first-order valence-corrected chi connectivity index (χ1v) is 11.9. The van der Waals surface area contributed by atoms with Gasteiger partial charge in [-0.1, -0.05) is 6.07 Å². The number of rotatable bonds is 4. The minimum Gasteiger partial charge on any atom is -0.453 e. The molecular weight excluding hydrogens is 518 g/mol. The summed E-state index contributed by atoms with van der Waals surface area (Å²) < 4.78 is 8.89. The molecule has 1 atom stereocenters. The number of hydrogen-bond acceptors (Lipinski definition) is 8. The number of amides is 2. The van der Waals surface area contributed by atoms with Gasteiger partial charge in [-0.25, -0.2) is 14.8 Å². The Morgan fingerprint density at radius 2 is 1.89 bits per heavy atom. The Labute approximate surface area is 209 Å². The predicted octanol–water partition coefficient (Wildman–Crippen LogP) is 2.15. The summed E-state index contributed by atoms with van der Waals surface area (Å²) in [4.78, 5) is 37.8. The molecular formula is C22H24BrN9O3. The molecule has 1 N–H and O–H groups in total. The van der Waals surface area contributed by atoms with Crippen molar-refractivity contribution in [2.45, 2.75) is 13.0 Å². The molecule has 0 radical (unpaired) electrons. The molecule has 2 amide bonds. The monoisotopic (exact) mass is 541 g/mol. The van der Waals surface area contributed by atoms with Crippen LogP contribution in [0.1, 0.15) is 6.92 Å². The number of piperazine rings is 1. The summed E-state index contributed by atoms with van der Waals surface area (Å²) in [7, 11) is 3.18. The Hall–Kier alpha value is -3.74. The number of methoxy groups -OCH3 is 1. The van der Waals surface area contributed by atoms with Crippen molar-refractivity contribution in [3.8, 4) is 11.4 Å². The molecule has 1 aliphatic rings. The van der Waals surface area contributed by atoms with Gasteiger partial charge in [0.2, 0.25) is 11.9 Å². The van der Waals surface area contributed by atoms with E-state index in [2.05, 4.69) is 31.4 Å². The SMILES string of the molecule is COC(=O)N1CCN(C(=O)[C@@H](C)Nc2nc3c(Br)cccc3c3nc(-c4cnn(C)c4)nn23)CC1. The quantitative estimate of drug-likeness (QED) is 0.417. The van der Waals surface area contributed by atoms with E-state index >= 15 is 0 Å². The molecule has 1 aromatic carbocycles. The number of anilines is 1. The summed E-state index contributed by atoms with van der Waals surface area (Å²) in [6.07, 6.45) is 3.16. The van der Waals surface area contributed by atoms with Gasteiger partial charge < -0.3 is 19.9 Å². The van der Waals surface area contributed by atoms with E-state index in [4.69, 9.17) is 14.7 Å². The molecule has 1 saturated heterocycles. The van der Waals surface area contributed by atoms with Crippen LogP contribution in [0, 0.1) is 0 Å². The van der Waals surface area contributed by atoms with Gasteiger partial charge in [0.1, 0.15) is 6.04 Å². The number of ether oxygens (including phenoxy) is 1. The average Bonchev–Trinajstić information content (AvgIpc) is 3.51. The molecule has 1 fully saturated rings. The van der Waals surface area contributed by atoms with Crippen LogP contribution < -0.4 is 5.32 Å². The lowest BCUT2D eigenvalue weighted by Crippen LogP contribution is -2.53. The summed E-state index contributed by atoms with van der Waals surface area (Å²) >= 11 is 3.57. The summed E-state index contributed by atoms with van der Waals surface area (Å²) in [5.41, 5.74) is 2.10. The lowest BCUT2D eigenvalue weighted by molar-refractivity contribution is -0.133. The highest BCUT2D eigenvalue weighted by Gasteiger charge is 2.28. The third-order valence-corrected chi connectivity index (χ3v) is 6.60. The van der Waals surface area contributed by atoms with Crippen LogP contribution in [0.5, 0.6) is 0 Å². The second-order valence-electron chi connectivity index (χ2n) is 8.29. The Morgan fingerprint density at radius 1 is 1.14 bits per heavy atom. The fourth-order valence-corrected chi connectivity index (χ4v) is 4.57. The molecule has 12 nitrogen and oxygen atoms in total. The van der Waals surface area contributed by atoms with Gasteiger partial charge in [0.25, 0.3) is 0 Å². The van der Waals surface area contributed by atoms with Crippen molar-refractivity contribution < 1.29 is 14.3 Å². The maximum atomic E-state index is 13.2. The fourth-order valence-electron chi connectivity index (χ4n) is 4.12. The largest absolute Gasteiger partial charge is 0.453 e. The van der Waals surface area contributed by atoms with Crippen molar-refractivity contribution >= 4 is 50.4 Å². The van der Waals surface area contributed by atoms with Gasteiger partial charge in [0.05, 0.1) is 24.4 Å². The van der Waals surface area contributed by atoms with Crippen LogP contribution in [0.25, 0.3) is 27.9 Å². The second kappa shape index (κ2) is 9.13. The number of hydrogen-bond donors (Lipinski definition) is 1. The van der Waals surface area contributed by atoms with Crippen LogP contribution >= 0.6 is 15.9 Å². The first-order valence-electron chi connectivity index (χ1n) is 11.1. The Balaban J connectivity index is 1.46. The molecule has 1 aliphatic heterocycles. The molecule has 4 heterocycles. The second-order valence-corrected chi connectivity index (χ2v) is 9.15. The Bertz CT molecular complexity index is 1420. The molecule has 13 heteroatoms. The molecule has 5 rings (SSSR count). The minimum absolute atomic E-state index is 0.0933. The molecule has 4 aromatic rings. The molecule has 0 spiro atoms. The number of nitrogens with one attached hydrogen (secondary N) is 1. The standard InChI is InChI=1S/C22H24BrN9O3/c1-13(20(33)30-7-9-31(10-8-30)22(34)35-3)25-21-26-17-15(5-4-6-16(17)23)19-27-18(28-32(19)21)14-11-24-29(2)12-14/h4-6,11-13H,7-10H2,1-3H3,(H,25,26)/t13-/m1/s1. The first-order chi connectivity index (χ1) is 16.9. The number of aromatic nitrogens is 6. The van der Waals surface area contributed by atoms with Crippen LogP contribution in [-0.4, -0.2) is 90.5 Å². The van der Waals surface area contributed by atoms with Gasteiger partial charge in [-0.3, -0.25) is 9.48 Å². The van der Waals surface area contributed by atoms with E-state index in [0.29, 0.717) is 49.1 Å². The number of carbonyl (C=O) groups is 2. The van der Waals surface area contributed by atoms with Crippen LogP contribution in [0.15, 0.2) is 35.1 Å². The molecule has 0 unspecified atom stereocenters. The number of para-hydroxylation sites is 1. The smallest absolute Gasteiger partial charge is 0.409 e. The predicted molar refractivity (Wildman–Crippen MR) is 132 cm³/mol. The van der Waals surface area contributed by atoms with Crippen molar-refractivity contribution in [2.75, 3.05) is 38.6 Å². The number of carbonyl (C=O) groups excluding carboxylic acids is 2. The summed E-state index contributed by atoms with van der Waals surface area (Å²) in [6.45, 7) is 3.50. The van der Waals surface area contributed by atoms with Crippen LogP contribution in [0.4, 0.5) is 10.7 Å². The maximum absolute atomic E-state index is 13.2. The minimum atomic E-state index is -0.582. The third-order valence-electron chi connectivity index (χ3n) is 5.96. The number of fused-ring (bicyclic) bond motifs is 3. The zero-order valence-electron chi connectivity index (χ0n) is 19.5. The Kier molecular flexibility index (Phi) is 6.01. The molecule has 0 aliphatic carbocycles. The number of nitrogens with zero attached hydrogens (tertiary/aromatic N) is 8. The average molecular weight is 542 g/mol. The van der Waals surface area contributed by atoms with E-state index in [1.165, 1.54) is 7.11 Å². The van der Waals surface area contributed by atoms with Crippen LogP contribution in [-0.2, 0) is 16.6 Å². The van der Waals surface area contributed by atoms with Crippen molar-refractivity contribution in [1.29, 1.82) is 0 Å². The van der Waals surface area contributed by atoms with Crippen molar-refractivity contribution in [1.82, 2.24) is 39.2 Å². The summed E-state index contributed by atoms with van der Waals surface area (Å²) in [5.74, 6) is 0.814. The van der Waals surface area contributed by atoms with Gasteiger partial charge in [-0.15, -0.1) is 5.10 Å². The number of halogens is 1. The maximum Gasteiger partial charge on any atom is 0.409 e. The highest BCUT2D eigenvalue weighted by Crippen LogP contribution is 2.28. The van der Waals surface area contributed by atoms with E-state index in [1.807, 2.05) is 31.4 Å². The van der Waals surface area contributed by atoms with Crippen LogP contribution in [0.2, 0.25) is 0 Å². The van der Waals surface area contributed by atoms with Crippen molar-refractivity contribution in [2.24, 2.45) is 7.05 Å². The van der Waals surface area contributed by atoms with Gasteiger partial charge in [0, 0.05) is 49.3 Å². The summed E-state index contributed by atoms with van der Waals surface area (Å²) in [6, 6.07) is 5.17. The topological polar surface area (TPSA) is 123 Å². The fraction of sp³-hybridized carbons (Fsp3) is 0.364. The van der Waals surface area contributed by atoms with Gasteiger partial charge >= 0.3 is 6.09 Å². The normalized spacial score (nSPS) is 15.0. The lowest BCUT2D eigenvalue weighted by atomic mass is 10.2. The van der Waals surface area contributed by atoms with Gasteiger partial charge in [0.15, 0.2) is 11.5 Å². The highest BCUT2D eigenvalue weighted by atomic mass is 79.9. The Morgan fingerprint density at radius 3 is 2.57 bits per heavy atom. The molecule has 0 bridgehead atoms. The van der Waals surface area contributed by atoms with Crippen LogP contribution in [0.3, 0.4) is 0 Å². The van der Waals surface area contributed by atoms with E-state index < -0.39 is 6.04 Å². The molecule has 35 heavy (non-hydrogen) atoms. The zero-order chi connectivity index (χ0) is 24.7. The van der Waals surface area contributed by atoms with Crippen molar-refractivity contribution in [3.63, 3.8) is 0 Å². The molecule has 182 valence electrons. The molecule has 3 aromatic heterocycles. The molecule has 0 saturated carbocycles. The number of benzene rings is 1. The third kappa shape index (κ3) is 4.27. The van der Waals surface area contributed by atoms with E-state index in [1.54, 1.807) is 32.1 Å². The van der Waals surface area contributed by atoms with Gasteiger partial charge in [-0.2, -0.15) is 9.61 Å². The van der Waals surface area contributed by atoms with Gasteiger partial charge in [-0.05, 0) is 35.0 Å². The van der Waals surface area contributed by atoms with E-state index in [9.17, 15) is 9.59 Å². The zero-order valence-corrected chi connectivity index (χ0v) is 21.1. The van der Waals surface area contributed by atoms with E-state index in [-0.39, 0.29) is 12.0 Å². The summed E-state index contributed by atoms with van der Waals surface area (Å²) in [5, 5.41) is 12.9. The number of aryl methyl sites for hydroxylation is 1. The van der Waals surface area contributed by atoms with E-state index in [0.717, 1.165) is 15.4 Å². The van der Waals surface area contributed by atoms with Crippen molar-refractivity contribution in [3.05, 3.63) is 35.1 Å².